The van der Waals surface area contributed by atoms with Crippen molar-refractivity contribution in [2.24, 2.45) is 23.5 Å². The number of rotatable bonds is 11. The zero-order valence-corrected chi connectivity index (χ0v) is 15.2. The average Bonchev–Trinajstić information content (AvgIpc) is 2.35. The van der Waals surface area contributed by atoms with Crippen molar-refractivity contribution < 1.29 is 0 Å². The Labute approximate surface area is 128 Å². The average molecular weight is 285 g/mol. The molecule has 2 N–H and O–H groups in total. The van der Waals surface area contributed by atoms with Crippen LogP contribution in [0.5, 0.6) is 0 Å². The molecule has 0 aliphatic carbocycles. The van der Waals surface area contributed by atoms with Crippen LogP contribution >= 0.6 is 0 Å². The van der Waals surface area contributed by atoms with Gasteiger partial charge in [0.25, 0.3) is 0 Å². The predicted octanol–water partition coefficient (Wildman–Crippen LogP) is 4.53. The smallest absolute Gasteiger partial charge is 0.0303 e. The molecule has 0 aromatic heterocycles. The number of hydrogen-bond acceptors (Lipinski definition) is 2. The maximum absolute atomic E-state index is 6.17. The van der Waals surface area contributed by atoms with Crippen molar-refractivity contribution in [1.82, 2.24) is 4.90 Å². The summed E-state index contributed by atoms with van der Waals surface area (Å²) in [5, 5.41) is 0. The molecule has 0 saturated carbocycles. The lowest BCUT2D eigenvalue weighted by Crippen LogP contribution is -2.52. The molecule has 0 saturated heterocycles. The van der Waals surface area contributed by atoms with Crippen molar-refractivity contribution in [3.63, 3.8) is 0 Å². The van der Waals surface area contributed by atoms with Crippen molar-refractivity contribution in [1.29, 1.82) is 0 Å². The molecule has 0 heterocycles. The summed E-state index contributed by atoms with van der Waals surface area (Å²) in [6, 6.07) is 0. The fourth-order valence-electron chi connectivity index (χ4n) is 2.47. The van der Waals surface area contributed by atoms with Gasteiger partial charge in [-0.2, -0.15) is 0 Å². The van der Waals surface area contributed by atoms with Gasteiger partial charge in [0.2, 0.25) is 0 Å². The zero-order valence-electron chi connectivity index (χ0n) is 15.2. The number of nitrogens with two attached hydrogens (primary N) is 1. The highest BCUT2D eigenvalue weighted by molar-refractivity contribution is 4.88. The molecule has 1 atom stereocenters. The Morgan fingerprint density at radius 1 is 0.800 bits per heavy atom. The first-order valence-corrected chi connectivity index (χ1v) is 8.66. The standard InChI is InChI=1S/C18H40N2/c1-15(2)8-11-18(7,14-19)20(12-9-16(3)4)13-10-17(5)6/h15-17H,8-14,19H2,1-7H3. The van der Waals surface area contributed by atoms with E-state index in [1.165, 1.54) is 38.8 Å². The van der Waals surface area contributed by atoms with Crippen molar-refractivity contribution in [3.8, 4) is 0 Å². The molecular formula is C18H40N2. The number of nitrogens with zero attached hydrogens (tertiary/aromatic N) is 1. The molecule has 1 unspecified atom stereocenters. The molecule has 0 aliphatic heterocycles. The van der Waals surface area contributed by atoms with E-state index in [9.17, 15) is 0 Å². The van der Waals surface area contributed by atoms with Crippen LogP contribution in [-0.4, -0.2) is 30.1 Å². The molecule has 0 aliphatic rings. The predicted molar refractivity (Wildman–Crippen MR) is 92.0 cm³/mol. The SMILES string of the molecule is CC(C)CCN(CCC(C)C)C(C)(CN)CCC(C)C. The van der Waals surface area contributed by atoms with Crippen LogP contribution in [0.15, 0.2) is 0 Å². The van der Waals surface area contributed by atoms with Crippen molar-refractivity contribution in [3.05, 3.63) is 0 Å². The lowest BCUT2D eigenvalue weighted by Gasteiger charge is -2.42. The monoisotopic (exact) mass is 284 g/mol. The van der Waals surface area contributed by atoms with E-state index in [4.69, 9.17) is 5.73 Å². The highest BCUT2D eigenvalue weighted by Gasteiger charge is 2.30. The largest absolute Gasteiger partial charge is 0.329 e. The second-order valence-corrected chi connectivity index (χ2v) is 7.99. The molecule has 2 nitrogen and oxygen atoms in total. The van der Waals surface area contributed by atoms with E-state index in [1.54, 1.807) is 0 Å². The fraction of sp³-hybridized carbons (Fsp3) is 1.00. The van der Waals surface area contributed by atoms with Crippen LogP contribution in [0.25, 0.3) is 0 Å². The van der Waals surface area contributed by atoms with E-state index in [0.29, 0.717) is 0 Å². The van der Waals surface area contributed by atoms with Gasteiger partial charge < -0.3 is 5.73 Å². The van der Waals surface area contributed by atoms with Crippen LogP contribution in [0.1, 0.15) is 74.1 Å². The van der Waals surface area contributed by atoms with Gasteiger partial charge in [-0.3, -0.25) is 4.90 Å². The summed E-state index contributed by atoms with van der Waals surface area (Å²) in [5.74, 6) is 2.30. The van der Waals surface area contributed by atoms with Crippen molar-refractivity contribution in [2.75, 3.05) is 19.6 Å². The molecule has 0 fully saturated rings. The quantitative estimate of drug-likeness (QED) is 0.604. The molecule has 0 aromatic rings. The Morgan fingerprint density at radius 2 is 1.20 bits per heavy atom. The topological polar surface area (TPSA) is 29.3 Å². The molecule has 0 radical (unpaired) electrons. The van der Waals surface area contributed by atoms with Crippen LogP contribution < -0.4 is 5.73 Å². The number of hydrogen-bond donors (Lipinski definition) is 1. The highest BCUT2D eigenvalue weighted by Crippen LogP contribution is 2.25. The molecule has 122 valence electrons. The summed E-state index contributed by atoms with van der Waals surface area (Å²) in [5.41, 5.74) is 6.34. The maximum Gasteiger partial charge on any atom is 0.0303 e. The Bertz CT molecular complexity index is 224. The van der Waals surface area contributed by atoms with Gasteiger partial charge in [-0.1, -0.05) is 41.5 Å². The minimum absolute atomic E-state index is 0.175. The fourth-order valence-corrected chi connectivity index (χ4v) is 2.47. The Kier molecular flexibility index (Phi) is 9.74. The maximum atomic E-state index is 6.17. The third-order valence-corrected chi connectivity index (χ3v) is 4.42. The Balaban J connectivity index is 4.71. The third kappa shape index (κ3) is 8.26. The molecule has 0 aromatic carbocycles. The summed E-state index contributed by atoms with van der Waals surface area (Å²) < 4.78 is 0. The van der Waals surface area contributed by atoms with Gasteiger partial charge in [-0.05, 0) is 63.5 Å². The van der Waals surface area contributed by atoms with E-state index >= 15 is 0 Å². The molecule has 0 spiro atoms. The summed E-state index contributed by atoms with van der Waals surface area (Å²) in [7, 11) is 0. The van der Waals surface area contributed by atoms with Crippen LogP contribution in [0.4, 0.5) is 0 Å². The highest BCUT2D eigenvalue weighted by atomic mass is 15.2. The molecule has 0 amide bonds. The van der Waals surface area contributed by atoms with Gasteiger partial charge in [0.15, 0.2) is 0 Å². The van der Waals surface area contributed by atoms with Crippen LogP contribution in [0.2, 0.25) is 0 Å². The molecule has 0 bridgehead atoms. The van der Waals surface area contributed by atoms with Crippen LogP contribution in [0, 0.1) is 17.8 Å². The van der Waals surface area contributed by atoms with Crippen molar-refractivity contribution >= 4 is 0 Å². The lowest BCUT2D eigenvalue weighted by atomic mass is 9.89. The summed E-state index contributed by atoms with van der Waals surface area (Å²) in [4.78, 5) is 2.68. The zero-order chi connectivity index (χ0) is 15.8. The summed E-state index contributed by atoms with van der Waals surface area (Å²) >= 11 is 0. The third-order valence-electron chi connectivity index (χ3n) is 4.42. The van der Waals surface area contributed by atoms with Crippen LogP contribution in [0.3, 0.4) is 0 Å². The summed E-state index contributed by atoms with van der Waals surface area (Å²) in [6.07, 6.45) is 5.04. The van der Waals surface area contributed by atoms with E-state index in [0.717, 1.165) is 24.3 Å². The van der Waals surface area contributed by atoms with Gasteiger partial charge >= 0.3 is 0 Å². The second kappa shape index (κ2) is 9.78. The van der Waals surface area contributed by atoms with Gasteiger partial charge in [0, 0.05) is 12.1 Å². The Hall–Kier alpha value is -0.0800. The second-order valence-electron chi connectivity index (χ2n) is 7.99. The first kappa shape index (κ1) is 19.9. The van der Waals surface area contributed by atoms with Crippen LogP contribution in [-0.2, 0) is 0 Å². The minimum atomic E-state index is 0.175. The van der Waals surface area contributed by atoms with E-state index < -0.39 is 0 Å². The van der Waals surface area contributed by atoms with E-state index in [2.05, 4.69) is 53.4 Å². The van der Waals surface area contributed by atoms with Gasteiger partial charge in [0.1, 0.15) is 0 Å². The molecular weight excluding hydrogens is 244 g/mol. The minimum Gasteiger partial charge on any atom is -0.329 e. The van der Waals surface area contributed by atoms with Crippen molar-refractivity contribution in [2.45, 2.75) is 79.7 Å². The Morgan fingerprint density at radius 3 is 1.50 bits per heavy atom. The summed E-state index contributed by atoms with van der Waals surface area (Å²) in [6.45, 7) is 19.4. The van der Waals surface area contributed by atoms with Gasteiger partial charge in [-0.15, -0.1) is 0 Å². The van der Waals surface area contributed by atoms with Gasteiger partial charge in [0.05, 0.1) is 0 Å². The molecule has 2 heteroatoms. The molecule has 0 rings (SSSR count). The first-order chi connectivity index (χ1) is 9.21. The molecule has 20 heavy (non-hydrogen) atoms. The van der Waals surface area contributed by atoms with E-state index in [-0.39, 0.29) is 5.54 Å². The first-order valence-electron chi connectivity index (χ1n) is 8.66. The van der Waals surface area contributed by atoms with E-state index in [1.807, 2.05) is 0 Å². The lowest BCUT2D eigenvalue weighted by molar-refractivity contribution is 0.0845. The normalized spacial score (nSPS) is 15.6. The van der Waals surface area contributed by atoms with Gasteiger partial charge in [-0.25, -0.2) is 0 Å².